The zero-order chi connectivity index (χ0) is 15.1. The Bertz CT molecular complexity index is 445. The molecule has 4 heteroatoms. The molecule has 1 N–H and O–H groups in total. The van der Waals surface area contributed by atoms with Crippen molar-refractivity contribution in [2.75, 3.05) is 18.9 Å². The second kappa shape index (κ2) is 7.88. The fourth-order valence-electron chi connectivity index (χ4n) is 2.14. The average Bonchev–Trinajstić information content (AvgIpc) is 2.44. The maximum Gasteiger partial charge on any atom is 0.257 e. The van der Waals surface area contributed by atoms with Gasteiger partial charge in [0.25, 0.3) is 5.91 Å². The normalized spacial score (nSPS) is 12.1. The van der Waals surface area contributed by atoms with Gasteiger partial charge in [-0.05, 0) is 32.8 Å². The molecule has 0 saturated heterocycles. The number of carbonyl (C=O) groups is 1. The van der Waals surface area contributed by atoms with Crippen molar-refractivity contribution in [3.05, 3.63) is 23.5 Å². The molecule has 4 nitrogen and oxygen atoms in total. The molecule has 0 fully saturated rings. The van der Waals surface area contributed by atoms with Crippen molar-refractivity contribution in [3.8, 4) is 0 Å². The molecular formula is C16H27N3O. The van der Waals surface area contributed by atoms with E-state index in [1.807, 2.05) is 24.9 Å². The van der Waals surface area contributed by atoms with Crippen molar-refractivity contribution in [2.45, 2.75) is 53.0 Å². The molecule has 1 aromatic heterocycles. The van der Waals surface area contributed by atoms with Crippen molar-refractivity contribution in [2.24, 2.45) is 0 Å². The van der Waals surface area contributed by atoms with Crippen LogP contribution in [0.3, 0.4) is 0 Å². The Labute approximate surface area is 122 Å². The Morgan fingerprint density at radius 1 is 1.40 bits per heavy atom. The number of amides is 1. The van der Waals surface area contributed by atoms with Crippen LogP contribution >= 0.6 is 0 Å². The number of hydrogen-bond donors (Lipinski definition) is 1. The van der Waals surface area contributed by atoms with Crippen LogP contribution in [-0.2, 0) is 0 Å². The number of nitrogens with zero attached hydrogens (tertiary/aromatic N) is 2. The lowest BCUT2D eigenvalue weighted by Gasteiger charge is -2.25. The number of aryl methyl sites for hydroxylation is 1. The number of rotatable bonds is 7. The first-order valence-corrected chi connectivity index (χ1v) is 7.48. The van der Waals surface area contributed by atoms with Crippen LogP contribution in [0.5, 0.6) is 0 Å². The number of anilines is 1. The summed E-state index contributed by atoms with van der Waals surface area (Å²) < 4.78 is 0. The van der Waals surface area contributed by atoms with Gasteiger partial charge in [0.15, 0.2) is 0 Å². The van der Waals surface area contributed by atoms with Crippen molar-refractivity contribution < 1.29 is 4.79 Å². The minimum Gasteiger partial charge on any atom is -0.384 e. The highest BCUT2D eigenvalue weighted by Gasteiger charge is 2.20. The van der Waals surface area contributed by atoms with Crippen molar-refractivity contribution in [1.29, 1.82) is 0 Å². The van der Waals surface area contributed by atoms with Gasteiger partial charge in [-0.15, -0.1) is 0 Å². The largest absolute Gasteiger partial charge is 0.384 e. The summed E-state index contributed by atoms with van der Waals surface area (Å²) >= 11 is 0. The van der Waals surface area contributed by atoms with Gasteiger partial charge in [-0.2, -0.15) is 0 Å². The zero-order valence-corrected chi connectivity index (χ0v) is 13.4. The second-order valence-corrected chi connectivity index (χ2v) is 5.35. The molecule has 0 radical (unpaired) electrons. The van der Waals surface area contributed by atoms with Crippen LogP contribution in [0.15, 0.2) is 12.3 Å². The molecule has 1 atom stereocenters. The van der Waals surface area contributed by atoms with Crippen LogP contribution in [-0.4, -0.2) is 35.4 Å². The van der Waals surface area contributed by atoms with Crippen molar-refractivity contribution in [3.63, 3.8) is 0 Å². The van der Waals surface area contributed by atoms with Crippen LogP contribution in [0, 0.1) is 6.92 Å². The van der Waals surface area contributed by atoms with Gasteiger partial charge in [0.05, 0.1) is 11.3 Å². The van der Waals surface area contributed by atoms with Crippen LogP contribution in [0.25, 0.3) is 0 Å². The third-order valence-corrected chi connectivity index (χ3v) is 3.52. The molecular weight excluding hydrogens is 250 g/mol. The molecule has 1 aromatic rings. The van der Waals surface area contributed by atoms with E-state index in [-0.39, 0.29) is 11.9 Å². The van der Waals surface area contributed by atoms with Gasteiger partial charge in [-0.25, -0.2) is 0 Å². The number of pyridine rings is 1. The minimum absolute atomic E-state index is 0.0389. The van der Waals surface area contributed by atoms with E-state index in [0.717, 1.165) is 37.2 Å². The summed E-state index contributed by atoms with van der Waals surface area (Å²) in [6.07, 6.45) is 4.80. The first-order valence-electron chi connectivity index (χ1n) is 7.48. The van der Waals surface area contributed by atoms with Gasteiger partial charge >= 0.3 is 0 Å². The number of nitrogens with one attached hydrogen (secondary N) is 1. The standard InChI is InChI=1S/C16H27N3O/c1-6-8-13(4)19(5)16(20)14-11-18-12(3)10-15(14)17-9-7-2/h10-11,13H,6-9H2,1-5H3,(H,17,18). The molecule has 1 unspecified atom stereocenters. The van der Waals surface area contributed by atoms with E-state index in [4.69, 9.17) is 0 Å². The second-order valence-electron chi connectivity index (χ2n) is 5.35. The fraction of sp³-hybridized carbons (Fsp3) is 0.625. The molecule has 1 amide bonds. The van der Waals surface area contributed by atoms with E-state index in [2.05, 4.69) is 31.1 Å². The first kappa shape index (κ1) is 16.5. The van der Waals surface area contributed by atoms with Gasteiger partial charge in [0.1, 0.15) is 0 Å². The molecule has 112 valence electrons. The van der Waals surface area contributed by atoms with E-state index in [0.29, 0.717) is 5.56 Å². The highest BCUT2D eigenvalue weighted by atomic mass is 16.2. The first-order chi connectivity index (χ1) is 9.51. The van der Waals surface area contributed by atoms with Crippen molar-refractivity contribution in [1.82, 2.24) is 9.88 Å². The summed E-state index contributed by atoms with van der Waals surface area (Å²) in [5.74, 6) is 0.0389. The third-order valence-electron chi connectivity index (χ3n) is 3.52. The lowest BCUT2D eigenvalue weighted by atomic mass is 10.1. The Hall–Kier alpha value is -1.58. The van der Waals surface area contributed by atoms with E-state index in [9.17, 15) is 4.79 Å². The fourth-order valence-corrected chi connectivity index (χ4v) is 2.14. The quantitative estimate of drug-likeness (QED) is 0.830. The van der Waals surface area contributed by atoms with Crippen LogP contribution in [0.4, 0.5) is 5.69 Å². The SMILES string of the molecule is CCCNc1cc(C)ncc1C(=O)N(C)C(C)CCC. The summed E-state index contributed by atoms with van der Waals surface area (Å²) in [5.41, 5.74) is 2.47. The van der Waals surface area contributed by atoms with Gasteiger partial charge < -0.3 is 10.2 Å². The molecule has 1 rings (SSSR count). The molecule has 0 saturated carbocycles. The molecule has 0 aliphatic rings. The van der Waals surface area contributed by atoms with Gasteiger partial charge in [-0.1, -0.05) is 20.3 Å². The topological polar surface area (TPSA) is 45.2 Å². The summed E-state index contributed by atoms with van der Waals surface area (Å²) in [6.45, 7) is 9.13. The van der Waals surface area contributed by atoms with Gasteiger partial charge in [0.2, 0.25) is 0 Å². The summed E-state index contributed by atoms with van der Waals surface area (Å²) in [5, 5.41) is 3.32. The number of carbonyl (C=O) groups excluding carboxylic acids is 1. The Kier molecular flexibility index (Phi) is 6.49. The summed E-state index contributed by atoms with van der Waals surface area (Å²) in [7, 11) is 1.87. The molecule has 0 aromatic carbocycles. The molecule has 0 aliphatic carbocycles. The lowest BCUT2D eigenvalue weighted by molar-refractivity contribution is 0.0737. The third kappa shape index (κ3) is 4.22. The molecule has 0 aliphatic heterocycles. The van der Waals surface area contributed by atoms with E-state index >= 15 is 0 Å². The minimum atomic E-state index is 0.0389. The monoisotopic (exact) mass is 277 g/mol. The summed E-state index contributed by atoms with van der Waals surface area (Å²) in [4.78, 5) is 18.7. The predicted molar refractivity (Wildman–Crippen MR) is 84.2 cm³/mol. The average molecular weight is 277 g/mol. The molecule has 0 spiro atoms. The van der Waals surface area contributed by atoms with Crippen LogP contribution in [0.1, 0.15) is 56.1 Å². The van der Waals surface area contributed by atoms with Crippen LogP contribution in [0.2, 0.25) is 0 Å². The lowest BCUT2D eigenvalue weighted by Crippen LogP contribution is -2.35. The van der Waals surface area contributed by atoms with Crippen LogP contribution < -0.4 is 5.32 Å². The highest BCUT2D eigenvalue weighted by Crippen LogP contribution is 2.19. The Balaban J connectivity index is 2.96. The summed E-state index contributed by atoms with van der Waals surface area (Å²) in [6, 6.07) is 2.19. The zero-order valence-electron chi connectivity index (χ0n) is 13.4. The molecule has 0 bridgehead atoms. The maximum absolute atomic E-state index is 12.6. The van der Waals surface area contributed by atoms with Gasteiger partial charge in [-0.3, -0.25) is 9.78 Å². The molecule has 1 heterocycles. The Morgan fingerprint density at radius 2 is 2.10 bits per heavy atom. The Morgan fingerprint density at radius 3 is 2.70 bits per heavy atom. The van der Waals surface area contributed by atoms with Crippen molar-refractivity contribution >= 4 is 11.6 Å². The smallest absolute Gasteiger partial charge is 0.257 e. The maximum atomic E-state index is 12.6. The number of hydrogen-bond acceptors (Lipinski definition) is 3. The van der Waals surface area contributed by atoms with E-state index in [1.54, 1.807) is 6.20 Å². The number of aromatic nitrogens is 1. The highest BCUT2D eigenvalue weighted by molar-refractivity contribution is 5.99. The van der Waals surface area contributed by atoms with E-state index in [1.165, 1.54) is 0 Å². The predicted octanol–water partition coefficient (Wildman–Crippen LogP) is 3.47. The van der Waals surface area contributed by atoms with E-state index < -0.39 is 0 Å². The molecule has 20 heavy (non-hydrogen) atoms. The van der Waals surface area contributed by atoms with Gasteiger partial charge in [0, 0.05) is 31.5 Å².